The number of alkyl halides is 6. The predicted molar refractivity (Wildman–Crippen MR) is 145 cm³/mol. The lowest BCUT2D eigenvalue weighted by atomic mass is 10.0. The predicted octanol–water partition coefficient (Wildman–Crippen LogP) is 7.60. The molecular weight excluding hydrogens is 541 g/mol. The summed E-state index contributed by atoms with van der Waals surface area (Å²) in [4.78, 5) is 0. The van der Waals surface area contributed by atoms with Gasteiger partial charge in [-0.25, -0.2) is 0 Å². The van der Waals surface area contributed by atoms with Gasteiger partial charge < -0.3 is 10.6 Å². The van der Waals surface area contributed by atoms with Crippen molar-refractivity contribution in [3.8, 4) is 0 Å². The minimum absolute atomic E-state index is 0.0756. The Morgan fingerprint density at radius 2 is 1.32 bits per heavy atom. The lowest BCUT2D eigenvalue weighted by molar-refractivity contribution is -0.143. The van der Waals surface area contributed by atoms with Gasteiger partial charge >= 0.3 is 12.4 Å². The smallest absolute Gasteiger partial charge is 0.359 e. The van der Waals surface area contributed by atoms with Crippen molar-refractivity contribution in [1.29, 1.82) is 0 Å². The summed E-state index contributed by atoms with van der Waals surface area (Å²) in [5.41, 5.74) is -3.22. The minimum Gasteiger partial charge on any atom is -0.359 e. The first-order chi connectivity index (χ1) is 17.9. The average Bonchev–Trinajstić information content (AvgIpc) is 3.34. The quantitative estimate of drug-likeness (QED) is 0.183. The Morgan fingerprint density at radius 1 is 0.816 bits per heavy atom. The molecule has 0 bridgehead atoms. The molecule has 38 heavy (non-hydrogen) atoms. The van der Waals surface area contributed by atoms with E-state index in [1.165, 1.54) is 0 Å². The molecule has 0 radical (unpaired) electrons. The SMILES string of the molecule is C[C@@H](NC(=S)Nc1cc(C(F)(F)F)cc(C(F)(F)F)c1)C1C=CC=C1P(c1ccccc1)c1ccccc1. The number of hydrogen-bond donors (Lipinski definition) is 2. The Kier molecular flexibility index (Phi) is 8.28. The van der Waals surface area contributed by atoms with Gasteiger partial charge in [0.2, 0.25) is 0 Å². The maximum absolute atomic E-state index is 13.2. The van der Waals surface area contributed by atoms with Crippen LogP contribution < -0.4 is 21.2 Å². The molecule has 0 aliphatic heterocycles. The van der Waals surface area contributed by atoms with Crippen molar-refractivity contribution in [3.63, 3.8) is 0 Å². The molecule has 3 aromatic rings. The topological polar surface area (TPSA) is 24.1 Å². The van der Waals surface area contributed by atoms with E-state index >= 15 is 0 Å². The van der Waals surface area contributed by atoms with Crippen molar-refractivity contribution >= 4 is 41.5 Å². The number of nitrogens with one attached hydrogen (secondary N) is 2. The number of anilines is 1. The number of rotatable bonds is 6. The highest BCUT2D eigenvalue weighted by Crippen LogP contribution is 2.49. The third kappa shape index (κ3) is 6.63. The number of halogens is 6. The first kappa shape index (κ1) is 27.9. The van der Waals surface area contributed by atoms with Gasteiger partial charge in [-0.2, -0.15) is 26.3 Å². The largest absolute Gasteiger partial charge is 0.416 e. The van der Waals surface area contributed by atoms with Crippen LogP contribution in [0, 0.1) is 5.92 Å². The molecule has 198 valence electrons. The highest BCUT2D eigenvalue weighted by molar-refractivity contribution is 7.80. The molecular formula is C28H23F6N2PS. The van der Waals surface area contributed by atoms with Gasteiger partial charge in [0.1, 0.15) is 0 Å². The second-order valence-corrected chi connectivity index (χ2v) is 11.3. The molecule has 3 aromatic carbocycles. The molecule has 2 atom stereocenters. The fourth-order valence-corrected chi connectivity index (χ4v) is 7.20. The van der Waals surface area contributed by atoms with Crippen molar-refractivity contribution < 1.29 is 26.3 Å². The first-order valence-electron chi connectivity index (χ1n) is 11.6. The van der Waals surface area contributed by atoms with Crippen LogP contribution >= 0.6 is 20.1 Å². The number of benzene rings is 3. The lowest BCUT2D eigenvalue weighted by Gasteiger charge is -2.30. The zero-order chi connectivity index (χ0) is 27.5. The van der Waals surface area contributed by atoms with E-state index < -0.39 is 37.1 Å². The molecule has 1 aliphatic rings. The number of allylic oxidation sites excluding steroid dienone is 2. The molecule has 2 N–H and O–H groups in total. The Morgan fingerprint density at radius 3 is 1.79 bits per heavy atom. The van der Waals surface area contributed by atoms with Gasteiger partial charge in [0, 0.05) is 17.6 Å². The Bertz CT molecular complexity index is 1270. The van der Waals surface area contributed by atoms with Crippen molar-refractivity contribution in [1.82, 2.24) is 5.32 Å². The maximum Gasteiger partial charge on any atom is 0.416 e. The molecule has 10 heteroatoms. The van der Waals surface area contributed by atoms with Crippen molar-refractivity contribution in [2.24, 2.45) is 5.92 Å². The summed E-state index contributed by atoms with van der Waals surface area (Å²) in [7, 11) is -0.887. The number of thiocarbonyl (C=S) groups is 1. The third-order valence-electron chi connectivity index (χ3n) is 5.96. The molecule has 1 aliphatic carbocycles. The molecule has 4 rings (SSSR count). The van der Waals surface area contributed by atoms with E-state index in [2.05, 4.69) is 41.0 Å². The third-order valence-corrected chi connectivity index (χ3v) is 8.77. The fourth-order valence-electron chi connectivity index (χ4n) is 4.22. The summed E-state index contributed by atoms with van der Waals surface area (Å²) in [5.74, 6) is -0.103. The summed E-state index contributed by atoms with van der Waals surface area (Å²) in [6.45, 7) is 1.87. The van der Waals surface area contributed by atoms with Gasteiger partial charge in [-0.1, -0.05) is 78.9 Å². The fraction of sp³-hybridized carbons (Fsp3) is 0.179. The summed E-state index contributed by atoms with van der Waals surface area (Å²) < 4.78 is 79.4. The van der Waals surface area contributed by atoms with E-state index in [1.807, 2.05) is 55.5 Å². The first-order valence-corrected chi connectivity index (χ1v) is 13.3. The Labute approximate surface area is 223 Å². The van der Waals surface area contributed by atoms with Crippen molar-refractivity contribution in [3.05, 3.63) is 114 Å². The highest BCUT2D eigenvalue weighted by atomic mass is 32.1. The molecule has 2 nitrogen and oxygen atoms in total. The zero-order valence-electron chi connectivity index (χ0n) is 20.0. The van der Waals surface area contributed by atoms with E-state index in [0.29, 0.717) is 12.1 Å². The second-order valence-electron chi connectivity index (χ2n) is 8.69. The molecule has 0 amide bonds. The molecule has 1 unspecified atom stereocenters. The number of hydrogen-bond acceptors (Lipinski definition) is 1. The normalized spacial score (nSPS) is 16.3. The Balaban J connectivity index is 1.55. The van der Waals surface area contributed by atoms with Crippen LogP contribution in [0.2, 0.25) is 0 Å². The van der Waals surface area contributed by atoms with Gasteiger partial charge in [-0.05, 0) is 61.2 Å². The zero-order valence-corrected chi connectivity index (χ0v) is 21.7. The molecule has 0 saturated carbocycles. The van der Waals surface area contributed by atoms with Crippen LogP contribution in [0.5, 0.6) is 0 Å². The monoisotopic (exact) mass is 564 g/mol. The standard InChI is InChI=1S/C28H23F6N2PS/c1-18(35-26(38)36-21-16-19(27(29,30)31)15-20(17-21)28(32,33)34)24-13-8-14-25(24)37(22-9-4-2-5-10-22)23-11-6-3-7-12-23/h2-18,24H,1H3,(H2,35,36,38)/t18-,24?/m1/s1. The minimum atomic E-state index is -4.94. The van der Waals surface area contributed by atoms with Crippen LogP contribution in [-0.4, -0.2) is 11.2 Å². The van der Waals surface area contributed by atoms with Crippen molar-refractivity contribution in [2.75, 3.05) is 5.32 Å². The van der Waals surface area contributed by atoms with Gasteiger partial charge in [-0.15, -0.1) is 0 Å². The van der Waals surface area contributed by atoms with Crippen molar-refractivity contribution in [2.45, 2.75) is 25.3 Å². The van der Waals surface area contributed by atoms with Crippen LogP contribution in [0.15, 0.2) is 102 Å². The molecule has 0 aromatic heterocycles. The maximum atomic E-state index is 13.2. The van der Waals surface area contributed by atoms with Gasteiger partial charge in [0.15, 0.2) is 5.11 Å². The summed E-state index contributed by atoms with van der Waals surface area (Å²) in [6.07, 6.45) is -3.85. The summed E-state index contributed by atoms with van der Waals surface area (Å²) in [5, 5.41) is 8.95. The molecule has 0 fully saturated rings. The second kappa shape index (κ2) is 11.3. The highest BCUT2D eigenvalue weighted by Gasteiger charge is 2.37. The average molecular weight is 565 g/mol. The van der Waals surface area contributed by atoms with E-state index in [9.17, 15) is 26.3 Å². The molecule has 0 saturated heterocycles. The van der Waals surface area contributed by atoms with Crippen LogP contribution in [0.25, 0.3) is 0 Å². The van der Waals surface area contributed by atoms with Crippen LogP contribution in [0.4, 0.5) is 32.0 Å². The molecule has 0 spiro atoms. The van der Waals surface area contributed by atoms with Gasteiger partial charge in [-0.3, -0.25) is 0 Å². The summed E-state index contributed by atoms with van der Waals surface area (Å²) >= 11 is 5.29. The molecule has 0 heterocycles. The Hall–Kier alpha value is -3.16. The van der Waals surface area contributed by atoms with Gasteiger partial charge in [0.25, 0.3) is 0 Å². The van der Waals surface area contributed by atoms with Crippen LogP contribution in [-0.2, 0) is 12.4 Å². The van der Waals surface area contributed by atoms with Crippen LogP contribution in [0.3, 0.4) is 0 Å². The van der Waals surface area contributed by atoms with E-state index in [4.69, 9.17) is 12.2 Å². The van der Waals surface area contributed by atoms with E-state index in [-0.39, 0.29) is 23.1 Å². The lowest BCUT2D eigenvalue weighted by Crippen LogP contribution is -2.40. The summed E-state index contributed by atoms with van der Waals surface area (Å²) in [6, 6.07) is 21.1. The van der Waals surface area contributed by atoms with E-state index in [0.717, 1.165) is 15.9 Å². The van der Waals surface area contributed by atoms with Gasteiger partial charge in [0.05, 0.1) is 11.1 Å². The van der Waals surface area contributed by atoms with Crippen LogP contribution in [0.1, 0.15) is 18.1 Å². The van der Waals surface area contributed by atoms with E-state index in [1.54, 1.807) is 0 Å².